The van der Waals surface area contributed by atoms with Crippen molar-refractivity contribution < 1.29 is 4.74 Å². The predicted octanol–water partition coefficient (Wildman–Crippen LogP) is 1.90. The summed E-state index contributed by atoms with van der Waals surface area (Å²) in [5.74, 6) is 0. The van der Waals surface area contributed by atoms with Crippen LogP contribution in [0.1, 0.15) is 44.8 Å². The Morgan fingerprint density at radius 1 is 1.65 bits per heavy atom. The molecule has 0 aliphatic carbocycles. The van der Waals surface area contributed by atoms with Crippen molar-refractivity contribution in [3.63, 3.8) is 0 Å². The van der Waals surface area contributed by atoms with Crippen molar-refractivity contribution in [1.82, 2.24) is 9.78 Å². The first kappa shape index (κ1) is 12.6. The lowest BCUT2D eigenvalue weighted by Crippen LogP contribution is -2.49. The second kappa shape index (κ2) is 5.19. The van der Waals surface area contributed by atoms with E-state index >= 15 is 0 Å². The van der Waals surface area contributed by atoms with Gasteiger partial charge in [-0.05, 0) is 32.3 Å². The number of rotatable bonds is 4. The first-order valence-electron chi connectivity index (χ1n) is 6.53. The highest BCUT2D eigenvalue weighted by molar-refractivity contribution is 5.06. The normalized spacial score (nSPS) is 27.0. The van der Waals surface area contributed by atoms with Crippen LogP contribution >= 0.6 is 0 Å². The summed E-state index contributed by atoms with van der Waals surface area (Å²) in [6.07, 6.45) is 6.05. The Morgan fingerprint density at radius 2 is 2.47 bits per heavy atom. The molecule has 0 aromatic carbocycles. The molecule has 1 aromatic heterocycles. The third kappa shape index (κ3) is 3.07. The molecule has 2 N–H and O–H groups in total. The molecule has 2 rings (SSSR count). The fourth-order valence-corrected chi connectivity index (χ4v) is 2.28. The third-order valence-corrected chi connectivity index (χ3v) is 3.59. The maximum absolute atomic E-state index is 6.33. The van der Waals surface area contributed by atoms with E-state index in [-0.39, 0.29) is 5.54 Å². The Labute approximate surface area is 103 Å². The second-order valence-corrected chi connectivity index (χ2v) is 5.24. The van der Waals surface area contributed by atoms with Gasteiger partial charge in [0.25, 0.3) is 0 Å². The van der Waals surface area contributed by atoms with Crippen LogP contribution in [0.3, 0.4) is 0 Å². The smallest absolute Gasteiger partial charge is 0.0650 e. The molecule has 1 aromatic rings. The Hall–Kier alpha value is -0.870. The van der Waals surface area contributed by atoms with E-state index in [0.717, 1.165) is 38.0 Å². The lowest BCUT2D eigenvalue weighted by Gasteiger charge is -2.32. The Morgan fingerprint density at radius 3 is 3.12 bits per heavy atom. The number of nitrogens with two attached hydrogens (primary N) is 1. The van der Waals surface area contributed by atoms with Crippen molar-refractivity contribution in [3.8, 4) is 0 Å². The molecule has 1 fully saturated rings. The topological polar surface area (TPSA) is 53.1 Å². The van der Waals surface area contributed by atoms with Gasteiger partial charge in [-0.25, -0.2) is 0 Å². The minimum absolute atomic E-state index is 0.215. The van der Waals surface area contributed by atoms with Crippen LogP contribution in [0.4, 0.5) is 0 Å². The predicted molar refractivity (Wildman–Crippen MR) is 67.9 cm³/mol. The van der Waals surface area contributed by atoms with Gasteiger partial charge in [0.2, 0.25) is 0 Å². The summed E-state index contributed by atoms with van der Waals surface area (Å²) >= 11 is 0. The molecule has 1 aliphatic heterocycles. The maximum Gasteiger partial charge on any atom is 0.0650 e. The minimum atomic E-state index is -0.215. The van der Waals surface area contributed by atoms with Gasteiger partial charge in [-0.15, -0.1) is 0 Å². The second-order valence-electron chi connectivity index (χ2n) is 5.24. The van der Waals surface area contributed by atoms with E-state index in [1.807, 2.05) is 4.68 Å². The van der Waals surface area contributed by atoms with Gasteiger partial charge in [0.15, 0.2) is 0 Å². The number of hydrogen-bond donors (Lipinski definition) is 1. The molecule has 0 bridgehead atoms. The van der Waals surface area contributed by atoms with Crippen molar-refractivity contribution in [2.24, 2.45) is 5.73 Å². The van der Waals surface area contributed by atoms with E-state index in [4.69, 9.17) is 10.5 Å². The molecule has 2 atom stereocenters. The Bertz CT molecular complexity index is 355. The lowest BCUT2D eigenvalue weighted by molar-refractivity contribution is 0.0378. The van der Waals surface area contributed by atoms with E-state index < -0.39 is 0 Å². The van der Waals surface area contributed by atoms with Gasteiger partial charge in [-0.2, -0.15) is 5.10 Å². The van der Waals surface area contributed by atoms with E-state index in [1.165, 1.54) is 0 Å². The van der Waals surface area contributed by atoms with Crippen LogP contribution in [-0.4, -0.2) is 28.5 Å². The summed E-state index contributed by atoms with van der Waals surface area (Å²) in [5, 5.41) is 4.60. The highest BCUT2D eigenvalue weighted by Gasteiger charge is 2.29. The van der Waals surface area contributed by atoms with Gasteiger partial charge in [0, 0.05) is 30.8 Å². The summed E-state index contributed by atoms with van der Waals surface area (Å²) in [5.41, 5.74) is 7.20. The average molecular weight is 237 g/mol. The van der Waals surface area contributed by atoms with Crippen molar-refractivity contribution >= 4 is 0 Å². The molecular weight excluding hydrogens is 214 g/mol. The highest BCUT2D eigenvalue weighted by Crippen LogP contribution is 2.21. The molecule has 0 saturated carbocycles. The van der Waals surface area contributed by atoms with Gasteiger partial charge < -0.3 is 10.5 Å². The van der Waals surface area contributed by atoms with Crippen LogP contribution in [0.5, 0.6) is 0 Å². The molecule has 4 nitrogen and oxygen atoms in total. The van der Waals surface area contributed by atoms with E-state index in [0.29, 0.717) is 12.6 Å². The summed E-state index contributed by atoms with van der Waals surface area (Å²) in [6, 6.07) is 2.54. The monoisotopic (exact) mass is 237 g/mol. The average Bonchev–Trinajstić information content (AvgIpc) is 2.76. The lowest BCUT2D eigenvalue weighted by atomic mass is 9.89. The molecule has 0 spiro atoms. The molecule has 0 radical (unpaired) electrons. The molecule has 1 saturated heterocycles. The fourth-order valence-electron chi connectivity index (χ4n) is 2.28. The van der Waals surface area contributed by atoms with Crippen molar-refractivity contribution in [3.05, 3.63) is 18.0 Å². The summed E-state index contributed by atoms with van der Waals surface area (Å²) in [7, 11) is 0. The van der Waals surface area contributed by atoms with Crippen molar-refractivity contribution in [2.75, 3.05) is 13.2 Å². The molecule has 2 heterocycles. The van der Waals surface area contributed by atoms with E-state index in [2.05, 4.69) is 31.2 Å². The summed E-state index contributed by atoms with van der Waals surface area (Å²) < 4.78 is 7.50. The quantitative estimate of drug-likeness (QED) is 0.870. The Kier molecular flexibility index (Phi) is 3.84. The maximum atomic E-state index is 6.33. The number of nitrogens with zero attached hydrogens (tertiary/aromatic N) is 2. The van der Waals surface area contributed by atoms with Gasteiger partial charge in [0.1, 0.15) is 0 Å². The van der Waals surface area contributed by atoms with E-state index in [1.54, 1.807) is 0 Å². The zero-order valence-corrected chi connectivity index (χ0v) is 10.9. The molecule has 17 heavy (non-hydrogen) atoms. The van der Waals surface area contributed by atoms with Gasteiger partial charge in [0.05, 0.1) is 12.3 Å². The largest absolute Gasteiger partial charge is 0.380 e. The van der Waals surface area contributed by atoms with Crippen molar-refractivity contribution in [2.45, 2.75) is 51.1 Å². The standard InChI is InChI=1S/C13H23N3O/c1-3-11(2)16-7-5-12(15-16)9-13(14)6-4-8-17-10-13/h5,7,11H,3-4,6,8-10,14H2,1-2H3. The van der Waals surface area contributed by atoms with E-state index in [9.17, 15) is 0 Å². The number of aromatic nitrogens is 2. The summed E-state index contributed by atoms with van der Waals surface area (Å²) in [4.78, 5) is 0. The van der Waals surface area contributed by atoms with Crippen LogP contribution in [0.15, 0.2) is 12.3 Å². The SMILES string of the molecule is CCC(C)n1ccc(CC2(N)CCCOC2)n1. The summed E-state index contributed by atoms with van der Waals surface area (Å²) in [6.45, 7) is 5.85. The first-order chi connectivity index (χ1) is 8.13. The highest BCUT2D eigenvalue weighted by atomic mass is 16.5. The fraction of sp³-hybridized carbons (Fsp3) is 0.769. The van der Waals surface area contributed by atoms with Gasteiger partial charge >= 0.3 is 0 Å². The Balaban J connectivity index is 2.00. The van der Waals surface area contributed by atoms with Gasteiger partial charge in [-0.3, -0.25) is 4.68 Å². The molecule has 1 aliphatic rings. The zero-order chi connectivity index (χ0) is 12.3. The number of ether oxygens (including phenoxy) is 1. The van der Waals surface area contributed by atoms with Crippen LogP contribution in [0.25, 0.3) is 0 Å². The molecule has 2 unspecified atom stereocenters. The molecule has 4 heteroatoms. The number of hydrogen-bond acceptors (Lipinski definition) is 3. The molecular formula is C13H23N3O. The third-order valence-electron chi connectivity index (χ3n) is 3.59. The zero-order valence-electron chi connectivity index (χ0n) is 10.9. The molecule has 0 amide bonds. The minimum Gasteiger partial charge on any atom is -0.380 e. The van der Waals surface area contributed by atoms with Crippen molar-refractivity contribution in [1.29, 1.82) is 0 Å². The van der Waals surface area contributed by atoms with Crippen LogP contribution in [0, 0.1) is 0 Å². The van der Waals surface area contributed by atoms with Gasteiger partial charge in [-0.1, -0.05) is 6.92 Å². The first-order valence-corrected chi connectivity index (χ1v) is 6.53. The van der Waals surface area contributed by atoms with Crippen LogP contribution in [-0.2, 0) is 11.2 Å². The van der Waals surface area contributed by atoms with Crippen LogP contribution in [0.2, 0.25) is 0 Å². The van der Waals surface area contributed by atoms with Crippen LogP contribution < -0.4 is 5.73 Å². The molecule has 96 valence electrons.